The van der Waals surface area contributed by atoms with Gasteiger partial charge in [0.2, 0.25) is 0 Å². The van der Waals surface area contributed by atoms with Gasteiger partial charge in [0.1, 0.15) is 0 Å². The molecule has 0 bridgehead atoms. The quantitative estimate of drug-likeness (QED) is 0.277. The number of carbonyl (C=O) groups is 1. The van der Waals surface area contributed by atoms with Crippen LogP contribution >= 0.6 is 0 Å². The topological polar surface area (TPSA) is 26.3 Å². The Kier molecular flexibility index (Phi) is 9.02. The Hall–Kier alpha value is -2.35. The maximum absolute atomic E-state index is 12.2. The highest BCUT2D eigenvalue weighted by molar-refractivity contribution is 5.88. The third-order valence-corrected chi connectivity index (χ3v) is 8.05. The fraction of sp³-hybridized carbons (Fsp3) is 0.531. The van der Waals surface area contributed by atoms with Crippen LogP contribution in [0.5, 0.6) is 0 Å². The van der Waals surface area contributed by atoms with Gasteiger partial charge in [0, 0.05) is 5.57 Å². The highest BCUT2D eigenvalue weighted by Crippen LogP contribution is 2.38. The van der Waals surface area contributed by atoms with E-state index >= 15 is 0 Å². The Morgan fingerprint density at radius 2 is 1.41 bits per heavy atom. The van der Waals surface area contributed by atoms with Crippen LogP contribution in [0.2, 0.25) is 0 Å². The molecule has 0 N–H and O–H groups in total. The van der Waals surface area contributed by atoms with Crippen LogP contribution in [0.15, 0.2) is 60.2 Å². The second kappa shape index (κ2) is 12.4. The maximum atomic E-state index is 12.2. The van der Waals surface area contributed by atoms with Crippen molar-refractivity contribution < 1.29 is 9.53 Å². The minimum absolute atomic E-state index is 0.111. The molecule has 1 atom stereocenters. The lowest BCUT2D eigenvalue weighted by Crippen LogP contribution is -2.14. The van der Waals surface area contributed by atoms with E-state index in [4.69, 9.17) is 4.74 Å². The van der Waals surface area contributed by atoms with Gasteiger partial charge in [0.05, 0.1) is 6.61 Å². The molecular formula is C32H42O2. The number of allylic oxidation sites excluding steroid dienone is 1. The molecule has 182 valence electrons. The average Bonchev–Trinajstić information content (AvgIpc) is 2.90. The highest BCUT2D eigenvalue weighted by Gasteiger charge is 2.22. The minimum Gasteiger partial charge on any atom is -0.462 e. The lowest BCUT2D eigenvalue weighted by atomic mass is 9.77. The number of hydrogen-bond donors (Lipinski definition) is 0. The van der Waals surface area contributed by atoms with Crippen molar-refractivity contribution in [1.82, 2.24) is 0 Å². The SMILES string of the molecule is CCCCOC(=O)C1=CCC(c2ccc(-c3ccc(C4CCC(CCC)CC4)cc3)cc2)CC1. The predicted molar refractivity (Wildman–Crippen MR) is 142 cm³/mol. The van der Waals surface area contributed by atoms with Gasteiger partial charge < -0.3 is 4.74 Å². The van der Waals surface area contributed by atoms with E-state index in [1.807, 2.05) is 0 Å². The molecule has 0 aliphatic heterocycles. The summed E-state index contributed by atoms with van der Waals surface area (Å²) in [5.41, 5.74) is 6.35. The van der Waals surface area contributed by atoms with Gasteiger partial charge in [-0.05, 0) is 91.4 Å². The van der Waals surface area contributed by atoms with Gasteiger partial charge in [0.15, 0.2) is 0 Å². The number of rotatable bonds is 9. The van der Waals surface area contributed by atoms with Crippen LogP contribution in [-0.4, -0.2) is 12.6 Å². The summed E-state index contributed by atoms with van der Waals surface area (Å²) in [6.07, 6.45) is 15.1. The van der Waals surface area contributed by atoms with Crippen LogP contribution in [-0.2, 0) is 9.53 Å². The van der Waals surface area contributed by atoms with Crippen molar-refractivity contribution >= 4 is 5.97 Å². The summed E-state index contributed by atoms with van der Waals surface area (Å²) >= 11 is 0. The number of carbonyl (C=O) groups excluding carboxylic acids is 1. The monoisotopic (exact) mass is 458 g/mol. The van der Waals surface area contributed by atoms with Crippen LogP contribution in [0.3, 0.4) is 0 Å². The molecule has 1 fully saturated rings. The predicted octanol–water partition coefficient (Wildman–Crippen LogP) is 8.96. The summed E-state index contributed by atoms with van der Waals surface area (Å²) in [4.78, 5) is 12.2. The second-order valence-electron chi connectivity index (χ2n) is 10.4. The van der Waals surface area contributed by atoms with E-state index in [1.165, 1.54) is 60.8 Å². The first kappa shape index (κ1) is 24.8. The molecule has 2 aliphatic rings. The second-order valence-corrected chi connectivity index (χ2v) is 10.4. The molecule has 1 unspecified atom stereocenters. The summed E-state index contributed by atoms with van der Waals surface area (Å²) in [6.45, 7) is 4.96. The Labute approximate surface area is 206 Å². The number of benzene rings is 2. The molecule has 2 heteroatoms. The van der Waals surface area contributed by atoms with Crippen molar-refractivity contribution in [1.29, 1.82) is 0 Å². The largest absolute Gasteiger partial charge is 0.462 e. The third kappa shape index (κ3) is 6.40. The summed E-state index contributed by atoms with van der Waals surface area (Å²) < 4.78 is 5.38. The van der Waals surface area contributed by atoms with Gasteiger partial charge in [-0.1, -0.05) is 87.7 Å². The first-order valence-corrected chi connectivity index (χ1v) is 13.7. The van der Waals surface area contributed by atoms with Crippen LogP contribution in [0.4, 0.5) is 0 Å². The van der Waals surface area contributed by atoms with Gasteiger partial charge in [0.25, 0.3) is 0 Å². The molecule has 2 aromatic rings. The van der Waals surface area contributed by atoms with E-state index in [0.29, 0.717) is 12.5 Å². The summed E-state index contributed by atoms with van der Waals surface area (Å²) in [6, 6.07) is 18.4. The number of unbranched alkanes of at least 4 members (excludes halogenated alkanes) is 1. The molecular weight excluding hydrogens is 416 g/mol. The first-order valence-electron chi connectivity index (χ1n) is 13.7. The molecule has 0 spiro atoms. The lowest BCUT2D eigenvalue weighted by Gasteiger charge is -2.28. The van der Waals surface area contributed by atoms with Crippen LogP contribution in [0.25, 0.3) is 11.1 Å². The number of ether oxygens (including phenoxy) is 1. The van der Waals surface area contributed by atoms with Crippen molar-refractivity contribution in [2.24, 2.45) is 5.92 Å². The average molecular weight is 459 g/mol. The fourth-order valence-electron chi connectivity index (χ4n) is 5.81. The normalized spacial score (nSPS) is 22.8. The van der Waals surface area contributed by atoms with E-state index in [1.54, 1.807) is 0 Å². The molecule has 0 radical (unpaired) electrons. The van der Waals surface area contributed by atoms with Crippen molar-refractivity contribution in [3.8, 4) is 11.1 Å². The van der Waals surface area contributed by atoms with Crippen LogP contribution in [0, 0.1) is 5.92 Å². The van der Waals surface area contributed by atoms with Crippen molar-refractivity contribution in [3.05, 3.63) is 71.3 Å². The molecule has 0 saturated heterocycles. The molecule has 2 aliphatic carbocycles. The van der Waals surface area contributed by atoms with E-state index in [0.717, 1.165) is 49.5 Å². The standard InChI is InChI=1S/C32H42O2/c1-3-5-23-34-32(33)31-21-19-30(20-22-31)29-17-15-28(16-18-29)27-13-11-26(12-14-27)25-9-7-24(6-4-2)8-10-25/h11-18,21,24-25,30H,3-10,19-20,22-23H2,1-2H3. The summed E-state index contributed by atoms with van der Waals surface area (Å²) in [5.74, 6) is 2.09. The van der Waals surface area contributed by atoms with Crippen molar-refractivity contribution in [3.63, 3.8) is 0 Å². The zero-order valence-electron chi connectivity index (χ0n) is 21.2. The minimum atomic E-state index is -0.111. The smallest absolute Gasteiger partial charge is 0.333 e. The Morgan fingerprint density at radius 1 is 0.794 bits per heavy atom. The van der Waals surface area contributed by atoms with E-state index in [9.17, 15) is 4.79 Å². The Balaban J connectivity index is 1.31. The molecule has 34 heavy (non-hydrogen) atoms. The fourth-order valence-corrected chi connectivity index (χ4v) is 5.81. The van der Waals surface area contributed by atoms with Crippen LogP contribution < -0.4 is 0 Å². The molecule has 0 amide bonds. The molecule has 0 heterocycles. The third-order valence-electron chi connectivity index (χ3n) is 8.05. The van der Waals surface area contributed by atoms with Crippen molar-refractivity contribution in [2.75, 3.05) is 6.61 Å². The molecule has 2 aromatic carbocycles. The summed E-state index contributed by atoms with van der Waals surface area (Å²) in [5, 5.41) is 0. The molecule has 0 aromatic heterocycles. The van der Waals surface area contributed by atoms with Crippen molar-refractivity contribution in [2.45, 2.75) is 96.3 Å². The van der Waals surface area contributed by atoms with Gasteiger partial charge in [-0.15, -0.1) is 0 Å². The van der Waals surface area contributed by atoms with Gasteiger partial charge in [-0.3, -0.25) is 0 Å². The van der Waals surface area contributed by atoms with E-state index in [-0.39, 0.29) is 5.97 Å². The Morgan fingerprint density at radius 3 is 1.94 bits per heavy atom. The highest BCUT2D eigenvalue weighted by atomic mass is 16.5. The van der Waals surface area contributed by atoms with E-state index < -0.39 is 0 Å². The molecule has 2 nitrogen and oxygen atoms in total. The zero-order chi connectivity index (χ0) is 23.8. The summed E-state index contributed by atoms with van der Waals surface area (Å²) in [7, 11) is 0. The number of hydrogen-bond acceptors (Lipinski definition) is 2. The number of esters is 1. The first-order chi connectivity index (χ1) is 16.7. The van der Waals surface area contributed by atoms with Gasteiger partial charge in [-0.25, -0.2) is 4.79 Å². The van der Waals surface area contributed by atoms with Gasteiger partial charge >= 0.3 is 5.97 Å². The lowest BCUT2D eigenvalue weighted by molar-refractivity contribution is -0.139. The Bertz CT molecular complexity index is 930. The van der Waals surface area contributed by atoms with Crippen LogP contribution in [0.1, 0.15) is 107 Å². The zero-order valence-corrected chi connectivity index (χ0v) is 21.2. The molecule has 4 rings (SSSR count). The maximum Gasteiger partial charge on any atom is 0.333 e. The molecule has 1 saturated carbocycles. The van der Waals surface area contributed by atoms with Gasteiger partial charge in [-0.2, -0.15) is 0 Å². The van der Waals surface area contributed by atoms with E-state index in [2.05, 4.69) is 68.5 Å².